The number of carbonyl (C=O) groups excluding carboxylic acids is 1. The molecule has 1 atom stereocenters. The molecule has 0 spiro atoms. The van der Waals surface area contributed by atoms with Crippen LogP contribution in [-0.2, 0) is 11.2 Å². The number of fused-ring (bicyclic) bond motifs is 1. The number of hydrogen-bond donors (Lipinski definition) is 2. The van der Waals surface area contributed by atoms with Crippen LogP contribution in [0.3, 0.4) is 0 Å². The lowest BCUT2D eigenvalue weighted by Gasteiger charge is -2.13. The van der Waals surface area contributed by atoms with E-state index in [4.69, 9.17) is 5.73 Å². The summed E-state index contributed by atoms with van der Waals surface area (Å²) in [6.45, 7) is 4.77. The van der Waals surface area contributed by atoms with E-state index in [1.807, 2.05) is 30.5 Å². The van der Waals surface area contributed by atoms with Crippen LogP contribution in [0.1, 0.15) is 31.4 Å². The van der Waals surface area contributed by atoms with Crippen molar-refractivity contribution in [3.63, 3.8) is 0 Å². The molecule has 31 heavy (non-hydrogen) atoms. The molecule has 158 valence electrons. The highest BCUT2D eigenvalue weighted by atomic mass is 16.3. The number of nitrogen functional groups attached to an aromatic ring is 1. The van der Waals surface area contributed by atoms with Gasteiger partial charge in [-0.05, 0) is 30.0 Å². The van der Waals surface area contributed by atoms with Crippen molar-refractivity contribution in [1.29, 1.82) is 0 Å². The van der Waals surface area contributed by atoms with E-state index in [2.05, 4.69) is 40.6 Å². The maximum Gasteiger partial charge on any atom is 0.267 e. The minimum absolute atomic E-state index is 0.297. The van der Waals surface area contributed by atoms with E-state index in [0.29, 0.717) is 41.6 Å². The average molecular weight is 415 g/mol. The summed E-state index contributed by atoms with van der Waals surface area (Å²) in [7, 11) is 1.66. The third-order valence-electron chi connectivity index (χ3n) is 5.39. The maximum absolute atomic E-state index is 12.1. The summed E-state index contributed by atoms with van der Waals surface area (Å²) in [6, 6.07) is 7.35. The molecule has 0 saturated carbocycles. The van der Waals surface area contributed by atoms with Gasteiger partial charge in [0.15, 0.2) is 5.82 Å². The van der Waals surface area contributed by atoms with Crippen LogP contribution in [0.2, 0.25) is 0 Å². The molecule has 0 radical (unpaired) electrons. The van der Waals surface area contributed by atoms with E-state index in [-0.39, 0.29) is 5.91 Å². The van der Waals surface area contributed by atoms with Gasteiger partial charge in [0, 0.05) is 42.7 Å². The number of likely N-dealkylation sites (N-methyl/N-ethyl adjacent to an activating group) is 1. The van der Waals surface area contributed by atoms with Gasteiger partial charge in [-0.25, -0.2) is 9.97 Å². The zero-order valence-corrected chi connectivity index (χ0v) is 17.9. The molecule has 3 aromatic rings. The van der Waals surface area contributed by atoms with Gasteiger partial charge in [0.2, 0.25) is 5.60 Å². The second kappa shape index (κ2) is 7.97. The van der Waals surface area contributed by atoms with Gasteiger partial charge < -0.3 is 15.7 Å². The molecule has 3 heterocycles. The van der Waals surface area contributed by atoms with Crippen molar-refractivity contribution in [2.24, 2.45) is 5.92 Å². The minimum atomic E-state index is -1.63. The van der Waals surface area contributed by atoms with Crippen molar-refractivity contribution in [2.45, 2.75) is 32.3 Å². The second-order valence-corrected chi connectivity index (χ2v) is 8.39. The average Bonchev–Trinajstić information content (AvgIpc) is 3.00. The molecule has 4 rings (SSSR count). The van der Waals surface area contributed by atoms with Crippen LogP contribution in [0, 0.1) is 17.8 Å². The highest BCUT2D eigenvalue weighted by molar-refractivity contribution is 5.92. The Morgan fingerprint density at radius 3 is 2.81 bits per heavy atom. The van der Waals surface area contributed by atoms with Crippen LogP contribution >= 0.6 is 0 Å². The minimum Gasteiger partial charge on any atom is -0.383 e. The van der Waals surface area contributed by atoms with Gasteiger partial charge in [-0.2, -0.15) is 0 Å². The predicted molar refractivity (Wildman–Crippen MR) is 120 cm³/mol. The molecule has 3 N–H and O–H groups in total. The summed E-state index contributed by atoms with van der Waals surface area (Å²) in [6.07, 6.45) is 4.66. The second-order valence-electron chi connectivity index (χ2n) is 8.39. The molecule has 2 aromatic heterocycles. The number of likely N-dealkylation sites (tertiary alicyclic amines) is 1. The lowest BCUT2D eigenvalue weighted by Crippen LogP contribution is -2.37. The Balaban J connectivity index is 1.70. The SMILES string of the molecule is CC(C)Cc1cncc2nc(-c3cccc(C#C[C@]4(O)CCN(C)C4=O)c3)nc(N)c12. The first-order valence-corrected chi connectivity index (χ1v) is 10.3. The van der Waals surface area contributed by atoms with Crippen molar-refractivity contribution in [1.82, 2.24) is 19.9 Å². The third kappa shape index (κ3) is 4.07. The number of aliphatic hydroxyl groups is 1. The normalized spacial score (nSPS) is 18.5. The molecule has 0 bridgehead atoms. The molecule has 1 aliphatic rings. The van der Waals surface area contributed by atoms with Crippen LogP contribution in [0.4, 0.5) is 5.82 Å². The van der Waals surface area contributed by atoms with Crippen molar-refractivity contribution in [2.75, 3.05) is 19.3 Å². The number of pyridine rings is 1. The number of benzene rings is 1. The van der Waals surface area contributed by atoms with Gasteiger partial charge in [0.25, 0.3) is 5.91 Å². The number of nitrogens with two attached hydrogens (primary N) is 1. The van der Waals surface area contributed by atoms with Crippen LogP contribution in [0.5, 0.6) is 0 Å². The monoisotopic (exact) mass is 415 g/mol. The van der Waals surface area contributed by atoms with Crippen molar-refractivity contribution >= 4 is 22.6 Å². The Kier molecular flexibility index (Phi) is 5.34. The van der Waals surface area contributed by atoms with Crippen LogP contribution in [-0.4, -0.2) is 50.1 Å². The molecular weight excluding hydrogens is 390 g/mol. The molecule has 0 aliphatic carbocycles. The molecule has 1 fully saturated rings. The predicted octanol–water partition coefficient (Wildman–Crippen LogP) is 2.42. The summed E-state index contributed by atoms with van der Waals surface area (Å²) in [4.78, 5) is 27.1. The first-order chi connectivity index (χ1) is 14.8. The van der Waals surface area contributed by atoms with Crippen molar-refractivity contribution < 1.29 is 9.90 Å². The van der Waals surface area contributed by atoms with Crippen LogP contribution in [0.25, 0.3) is 22.3 Å². The molecule has 1 amide bonds. The molecule has 0 unspecified atom stereocenters. The largest absolute Gasteiger partial charge is 0.383 e. The molecule has 7 nitrogen and oxygen atoms in total. The fraction of sp³-hybridized carbons (Fsp3) is 0.333. The van der Waals surface area contributed by atoms with Crippen LogP contribution in [0.15, 0.2) is 36.7 Å². The lowest BCUT2D eigenvalue weighted by molar-refractivity contribution is -0.137. The van der Waals surface area contributed by atoms with Gasteiger partial charge in [-0.3, -0.25) is 9.78 Å². The number of nitrogens with zero attached hydrogens (tertiary/aromatic N) is 4. The van der Waals surface area contributed by atoms with Gasteiger partial charge >= 0.3 is 0 Å². The number of aromatic nitrogens is 3. The highest BCUT2D eigenvalue weighted by Crippen LogP contribution is 2.27. The first-order valence-electron chi connectivity index (χ1n) is 10.3. The maximum atomic E-state index is 12.1. The van der Waals surface area contributed by atoms with E-state index >= 15 is 0 Å². The number of amides is 1. The van der Waals surface area contributed by atoms with E-state index in [1.165, 1.54) is 4.90 Å². The smallest absolute Gasteiger partial charge is 0.267 e. The van der Waals surface area contributed by atoms with Crippen molar-refractivity contribution in [3.05, 3.63) is 47.8 Å². The van der Waals surface area contributed by atoms with Gasteiger partial charge in [0.1, 0.15) is 5.82 Å². The number of rotatable bonds is 3. The summed E-state index contributed by atoms with van der Waals surface area (Å²) >= 11 is 0. The number of anilines is 1. The van der Waals surface area contributed by atoms with Crippen LogP contribution < -0.4 is 5.73 Å². The fourth-order valence-electron chi connectivity index (χ4n) is 3.79. The Morgan fingerprint density at radius 1 is 1.29 bits per heavy atom. The lowest BCUT2D eigenvalue weighted by atomic mass is 10.0. The molecule has 1 aromatic carbocycles. The summed E-state index contributed by atoms with van der Waals surface area (Å²) < 4.78 is 0. The zero-order chi connectivity index (χ0) is 22.2. The van der Waals surface area contributed by atoms with Gasteiger partial charge in [-0.1, -0.05) is 37.8 Å². The fourth-order valence-corrected chi connectivity index (χ4v) is 3.79. The first kappa shape index (κ1) is 20.8. The summed E-state index contributed by atoms with van der Waals surface area (Å²) in [5.41, 5.74) is 7.82. The molecular formula is C24H25N5O2. The Morgan fingerprint density at radius 2 is 2.10 bits per heavy atom. The standard InChI is InChI=1S/C24H25N5O2/c1-15(2)11-18-13-26-14-19-20(18)21(25)28-22(27-19)17-6-4-5-16(12-17)7-8-24(31)9-10-29(3)23(24)30/h4-6,12-15,31H,9-11H2,1-3H3,(H2,25,27,28)/t24-/m0/s1. The molecule has 1 aliphatic heterocycles. The van der Waals surface area contributed by atoms with E-state index < -0.39 is 5.60 Å². The third-order valence-corrected chi connectivity index (χ3v) is 5.39. The Bertz CT molecular complexity index is 1230. The number of hydrogen-bond acceptors (Lipinski definition) is 6. The zero-order valence-electron chi connectivity index (χ0n) is 17.9. The van der Waals surface area contributed by atoms with E-state index in [0.717, 1.165) is 22.9 Å². The van der Waals surface area contributed by atoms with E-state index in [1.54, 1.807) is 13.2 Å². The molecule has 7 heteroatoms. The van der Waals surface area contributed by atoms with Gasteiger partial charge in [-0.15, -0.1) is 0 Å². The Labute approximate surface area is 181 Å². The summed E-state index contributed by atoms with van der Waals surface area (Å²) in [5, 5.41) is 11.4. The summed E-state index contributed by atoms with van der Waals surface area (Å²) in [5.74, 6) is 6.65. The number of carbonyl (C=O) groups is 1. The topological polar surface area (TPSA) is 105 Å². The highest BCUT2D eigenvalue weighted by Gasteiger charge is 2.42. The quantitative estimate of drug-likeness (QED) is 0.637. The molecule has 1 saturated heterocycles. The Hall–Kier alpha value is -3.50. The van der Waals surface area contributed by atoms with Crippen molar-refractivity contribution in [3.8, 4) is 23.2 Å². The van der Waals surface area contributed by atoms with Gasteiger partial charge in [0.05, 0.1) is 11.7 Å². The van der Waals surface area contributed by atoms with E-state index in [9.17, 15) is 9.90 Å².